The molecular formula is C12H20N4. The molecule has 0 fully saturated rings. The molecule has 88 valence electrons. The fraction of sp³-hybridized carbons (Fsp3) is 0.667. The Morgan fingerprint density at radius 1 is 1.38 bits per heavy atom. The van der Waals surface area contributed by atoms with Gasteiger partial charge in [-0.2, -0.15) is 0 Å². The standard InChI is InChI=1S/C12H20N4/c1-2-9(13)7-14-12-10-5-3-4-6-11(10)15-8-16-12/h8-9H,2-7,13H2,1H3,(H,14,15,16). The summed E-state index contributed by atoms with van der Waals surface area (Å²) in [6.45, 7) is 2.89. The van der Waals surface area contributed by atoms with Gasteiger partial charge >= 0.3 is 0 Å². The van der Waals surface area contributed by atoms with E-state index in [9.17, 15) is 0 Å². The van der Waals surface area contributed by atoms with Crippen molar-refractivity contribution < 1.29 is 0 Å². The van der Waals surface area contributed by atoms with Crippen LogP contribution in [0, 0.1) is 0 Å². The zero-order valence-corrected chi connectivity index (χ0v) is 9.87. The molecule has 4 nitrogen and oxygen atoms in total. The van der Waals surface area contributed by atoms with Crippen molar-refractivity contribution >= 4 is 5.82 Å². The third-order valence-electron chi connectivity index (χ3n) is 3.18. The predicted molar refractivity (Wildman–Crippen MR) is 65.4 cm³/mol. The average molecular weight is 220 g/mol. The maximum atomic E-state index is 5.89. The van der Waals surface area contributed by atoms with Crippen LogP contribution in [0.25, 0.3) is 0 Å². The molecule has 0 saturated carbocycles. The van der Waals surface area contributed by atoms with E-state index in [1.807, 2.05) is 0 Å². The SMILES string of the molecule is CCC(N)CNc1ncnc2c1CCCC2. The van der Waals surface area contributed by atoms with Gasteiger partial charge in [0, 0.05) is 23.8 Å². The van der Waals surface area contributed by atoms with Gasteiger partial charge in [-0.05, 0) is 32.1 Å². The van der Waals surface area contributed by atoms with E-state index in [1.165, 1.54) is 24.1 Å². The number of hydrogen-bond donors (Lipinski definition) is 2. The number of rotatable bonds is 4. The Morgan fingerprint density at radius 3 is 3.00 bits per heavy atom. The van der Waals surface area contributed by atoms with Crippen molar-refractivity contribution in [2.24, 2.45) is 5.73 Å². The normalized spacial score (nSPS) is 16.6. The summed E-state index contributed by atoms with van der Waals surface area (Å²) < 4.78 is 0. The van der Waals surface area contributed by atoms with Gasteiger partial charge in [0.25, 0.3) is 0 Å². The minimum Gasteiger partial charge on any atom is -0.368 e. The molecule has 0 aliphatic heterocycles. The third kappa shape index (κ3) is 2.50. The van der Waals surface area contributed by atoms with Crippen LogP contribution in [0.3, 0.4) is 0 Å². The summed E-state index contributed by atoms with van der Waals surface area (Å²) in [6, 6.07) is 0.203. The smallest absolute Gasteiger partial charge is 0.132 e. The Morgan fingerprint density at radius 2 is 2.19 bits per heavy atom. The van der Waals surface area contributed by atoms with Crippen LogP contribution in [0.5, 0.6) is 0 Å². The highest BCUT2D eigenvalue weighted by Crippen LogP contribution is 2.24. The van der Waals surface area contributed by atoms with Crippen molar-refractivity contribution in [3.63, 3.8) is 0 Å². The Bertz CT molecular complexity index is 351. The van der Waals surface area contributed by atoms with Gasteiger partial charge in [0.2, 0.25) is 0 Å². The molecule has 2 rings (SSSR count). The molecule has 0 saturated heterocycles. The maximum absolute atomic E-state index is 5.89. The van der Waals surface area contributed by atoms with E-state index in [2.05, 4.69) is 22.2 Å². The van der Waals surface area contributed by atoms with Crippen LogP contribution < -0.4 is 11.1 Å². The highest BCUT2D eigenvalue weighted by atomic mass is 15.0. The highest BCUT2D eigenvalue weighted by Gasteiger charge is 2.15. The molecule has 0 aromatic carbocycles. The number of nitrogens with two attached hydrogens (primary N) is 1. The minimum absolute atomic E-state index is 0.203. The van der Waals surface area contributed by atoms with Crippen molar-refractivity contribution in [1.82, 2.24) is 9.97 Å². The summed E-state index contributed by atoms with van der Waals surface area (Å²) in [5.74, 6) is 0.994. The molecule has 16 heavy (non-hydrogen) atoms. The summed E-state index contributed by atoms with van der Waals surface area (Å²) >= 11 is 0. The van der Waals surface area contributed by atoms with Crippen molar-refractivity contribution in [3.8, 4) is 0 Å². The number of fused-ring (bicyclic) bond motifs is 1. The van der Waals surface area contributed by atoms with Crippen LogP contribution in [0.15, 0.2) is 6.33 Å². The predicted octanol–water partition coefficient (Wildman–Crippen LogP) is 1.50. The fourth-order valence-electron chi connectivity index (χ4n) is 2.05. The van der Waals surface area contributed by atoms with E-state index >= 15 is 0 Å². The first kappa shape index (κ1) is 11.3. The molecule has 0 radical (unpaired) electrons. The minimum atomic E-state index is 0.203. The highest BCUT2D eigenvalue weighted by molar-refractivity contribution is 5.47. The van der Waals surface area contributed by atoms with Gasteiger partial charge in [-0.3, -0.25) is 0 Å². The molecule has 1 aliphatic rings. The molecule has 0 amide bonds. The molecule has 0 bridgehead atoms. The summed E-state index contributed by atoms with van der Waals surface area (Å²) in [7, 11) is 0. The Hall–Kier alpha value is -1.16. The second-order valence-corrected chi connectivity index (χ2v) is 4.40. The van der Waals surface area contributed by atoms with Crippen molar-refractivity contribution in [2.45, 2.75) is 45.1 Å². The van der Waals surface area contributed by atoms with Crippen molar-refractivity contribution in [1.29, 1.82) is 0 Å². The quantitative estimate of drug-likeness (QED) is 0.807. The summed E-state index contributed by atoms with van der Waals surface area (Å²) in [5, 5.41) is 3.35. The summed E-state index contributed by atoms with van der Waals surface area (Å²) in [4.78, 5) is 8.67. The van der Waals surface area contributed by atoms with Crippen LogP contribution in [0.1, 0.15) is 37.4 Å². The number of nitrogens with zero attached hydrogens (tertiary/aromatic N) is 2. The van der Waals surface area contributed by atoms with Crippen molar-refractivity contribution in [2.75, 3.05) is 11.9 Å². The summed E-state index contributed by atoms with van der Waals surface area (Å²) in [6.07, 6.45) is 7.32. The fourth-order valence-corrected chi connectivity index (χ4v) is 2.05. The maximum Gasteiger partial charge on any atom is 0.132 e. The first-order valence-electron chi connectivity index (χ1n) is 6.13. The van der Waals surface area contributed by atoms with Gasteiger partial charge in [0.1, 0.15) is 12.1 Å². The van der Waals surface area contributed by atoms with Gasteiger partial charge in [0.05, 0.1) is 0 Å². The van der Waals surface area contributed by atoms with E-state index in [0.717, 1.165) is 31.6 Å². The van der Waals surface area contributed by atoms with Gasteiger partial charge in [0.15, 0.2) is 0 Å². The molecule has 1 atom stereocenters. The molecule has 3 N–H and O–H groups in total. The lowest BCUT2D eigenvalue weighted by Crippen LogP contribution is -2.29. The second kappa shape index (κ2) is 5.25. The van der Waals surface area contributed by atoms with Crippen LogP contribution >= 0.6 is 0 Å². The molecule has 0 spiro atoms. The lowest BCUT2D eigenvalue weighted by atomic mass is 9.96. The Labute approximate surface area is 96.7 Å². The third-order valence-corrected chi connectivity index (χ3v) is 3.18. The summed E-state index contributed by atoms with van der Waals surface area (Å²) in [5.41, 5.74) is 8.41. The van der Waals surface area contributed by atoms with Gasteiger partial charge in [-0.1, -0.05) is 6.92 Å². The van der Waals surface area contributed by atoms with Crippen LogP contribution in [0.4, 0.5) is 5.82 Å². The zero-order valence-electron chi connectivity index (χ0n) is 9.87. The van der Waals surface area contributed by atoms with Gasteiger partial charge in [-0.15, -0.1) is 0 Å². The first-order chi connectivity index (χ1) is 7.81. The van der Waals surface area contributed by atoms with E-state index in [0.29, 0.717) is 0 Å². The number of hydrogen-bond acceptors (Lipinski definition) is 4. The number of anilines is 1. The van der Waals surface area contributed by atoms with Gasteiger partial charge < -0.3 is 11.1 Å². The monoisotopic (exact) mass is 220 g/mol. The number of aromatic nitrogens is 2. The first-order valence-corrected chi connectivity index (χ1v) is 6.13. The average Bonchev–Trinajstić information content (AvgIpc) is 2.35. The van der Waals surface area contributed by atoms with E-state index in [-0.39, 0.29) is 6.04 Å². The Kier molecular flexibility index (Phi) is 3.72. The molecule has 1 aromatic rings. The molecular weight excluding hydrogens is 200 g/mol. The van der Waals surface area contributed by atoms with E-state index < -0.39 is 0 Å². The van der Waals surface area contributed by atoms with Crippen LogP contribution in [0.2, 0.25) is 0 Å². The van der Waals surface area contributed by atoms with Gasteiger partial charge in [-0.25, -0.2) is 9.97 Å². The molecule has 4 heteroatoms. The molecule has 1 aliphatic carbocycles. The Balaban J connectivity index is 2.08. The lowest BCUT2D eigenvalue weighted by Gasteiger charge is -2.19. The molecule has 1 unspecified atom stereocenters. The topological polar surface area (TPSA) is 63.8 Å². The van der Waals surface area contributed by atoms with Crippen LogP contribution in [-0.4, -0.2) is 22.6 Å². The van der Waals surface area contributed by atoms with E-state index in [4.69, 9.17) is 5.73 Å². The molecule has 1 heterocycles. The largest absolute Gasteiger partial charge is 0.368 e. The van der Waals surface area contributed by atoms with E-state index in [1.54, 1.807) is 6.33 Å². The zero-order chi connectivity index (χ0) is 11.4. The number of aryl methyl sites for hydroxylation is 1. The second-order valence-electron chi connectivity index (χ2n) is 4.40. The molecule has 1 aromatic heterocycles. The lowest BCUT2D eigenvalue weighted by molar-refractivity contribution is 0.654. The van der Waals surface area contributed by atoms with Crippen molar-refractivity contribution in [3.05, 3.63) is 17.6 Å². The van der Waals surface area contributed by atoms with Crippen LogP contribution in [-0.2, 0) is 12.8 Å². The number of nitrogens with one attached hydrogen (secondary N) is 1.